The van der Waals surface area contributed by atoms with Gasteiger partial charge in [0.1, 0.15) is 5.69 Å². The summed E-state index contributed by atoms with van der Waals surface area (Å²) in [6.45, 7) is 8.14. The fourth-order valence-electron chi connectivity index (χ4n) is 5.52. The maximum atomic E-state index is 12.0. The summed E-state index contributed by atoms with van der Waals surface area (Å²) < 4.78 is 17.6. The van der Waals surface area contributed by atoms with Gasteiger partial charge in [-0.15, -0.1) is 0 Å². The SMILES string of the molecule is COCCCN1CC2C(C1)C2c1cnc(-c2nn(C(C)C)c3ccc4oc(=O)c(=O)oc4c23)[nH]1. The third-order valence-electron chi connectivity index (χ3n) is 7.12. The maximum Gasteiger partial charge on any atom is 0.423 e. The highest BCUT2D eigenvalue weighted by Gasteiger charge is 2.56. The quantitative estimate of drug-likeness (QED) is 0.327. The topological polar surface area (TPSA) is 119 Å². The van der Waals surface area contributed by atoms with E-state index in [1.807, 2.05) is 30.8 Å². The van der Waals surface area contributed by atoms with Gasteiger partial charge in [-0.25, -0.2) is 14.6 Å². The normalized spacial score (nSPS) is 22.3. The molecular formula is C24H27N5O5. The first kappa shape index (κ1) is 21.3. The first-order valence-corrected chi connectivity index (χ1v) is 11.7. The lowest BCUT2D eigenvalue weighted by molar-refractivity contribution is 0.175. The van der Waals surface area contributed by atoms with Crippen molar-refractivity contribution in [1.29, 1.82) is 0 Å². The number of ether oxygens (including phenoxy) is 1. The molecule has 6 rings (SSSR count). The molecule has 2 aliphatic rings. The Labute approximate surface area is 194 Å². The van der Waals surface area contributed by atoms with E-state index in [1.54, 1.807) is 13.2 Å². The molecule has 10 heteroatoms. The lowest BCUT2D eigenvalue weighted by Crippen LogP contribution is -2.26. The molecule has 1 saturated carbocycles. The Morgan fingerprint density at radius 1 is 1.18 bits per heavy atom. The van der Waals surface area contributed by atoms with Crippen molar-refractivity contribution in [2.45, 2.75) is 32.2 Å². The number of benzene rings is 1. The molecule has 0 bridgehead atoms. The second-order valence-electron chi connectivity index (χ2n) is 9.60. The molecule has 2 fully saturated rings. The van der Waals surface area contributed by atoms with Gasteiger partial charge in [-0.2, -0.15) is 5.10 Å². The van der Waals surface area contributed by atoms with Crippen LogP contribution in [0.5, 0.6) is 0 Å². The second kappa shape index (κ2) is 7.92. The van der Waals surface area contributed by atoms with Crippen molar-refractivity contribution in [3.05, 3.63) is 44.9 Å². The summed E-state index contributed by atoms with van der Waals surface area (Å²) in [5.41, 5.74) is 0.815. The van der Waals surface area contributed by atoms with E-state index in [0.29, 0.717) is 34.7 Å². The Bertz CT molecular complexity index is 1480. The molecule has 0 spiro atoms. The van der Waals surface area contributed by atoms with Crippen molar-refractivity contribution >= 4 is 22.1 Å². The highest BCUT2D eigenvalue weighted by molar-refractivity contribution is 6.07. The number of H-pyrrole nitrogens is 1. The van der Waals surface area contributed by atoms with Crippen LogP contribution in [0.1, 0.15) is 37.9 Å². The number of hydrogen-bond donors (Lipinski definition) is 1. The van der Waals surface area contributed by atoms with E-state index >= 15 is 0 Å². The number of nitrogens with one attached hydrogen (secondary N) is 1. The molecule has 34 heavy (non-hydrogen) atoms. The minimum absolute atomic E-state index is 0.0671. The van der Waals surface area contributed by atoms with E-state index in [0.717, 1.165) is 43.9 Å². The van der Waals surface area contributed by atoms with Crippen LogP contribution in [0.25, 0.3) is 33.6 Å². The first-order chi connectivity index (χ1) is 16.5. The molecular weight excluding hydrogens is 438 g/mol. The van der Waals surface area contributed by atoms with Gasteiger partial charge in [0.25, 0.3) is 0 Å². The van der Waals surface area contributed by atoms with Crippen molar-refractivity contribution in [1.82, 2.24) is 24.6 Å². The number of nitrogens with zero attached hydrogens (tertiary/aromatic N) is 4. The zero-order chi connectivity index (χ0) is 23.6. The summed E-state index contributed by atoms with van der Waals surface area (Å²) in [5, 5.41) is 5.41. The third kappa shape index (κ3) is 3.32. The molecule has 2 atom stereocenters. The van der Waals surface area contributed by atoms with Gasteiger partial charge in [-0.3, -0.25) is 4.68 Å². The maximum absolute atomic E-state index is 12.0. The monoisotopic (exact) mass is 465 g/mol. The van der Waals surface area contributed by atoms with Crippen LogP contribution in [0.2, 0.25) is 0 Å². The van der Waals surface area contributed by atoms with Gasteiger partial charge in [-0.1, -0.05) is 0 Å². The summed E-state index contributed by atoms with van der Waals surface area (Å²) in [6, 6.07) is 3.52. The molecule has 4 aromatic rings. The van der Waals surface area contributed by atoms with Gasteiger partial charge in [0.15, 0.2) is 17.0 Å². The van der Waals surface area contributed by atoms with E-state index in [2.05, 4.69) is 14.9 Å². The number of rotatable bonds is 7. The van der Waals surface area contributed by atoms with Crippen LogP contribution in [0.15, 0.2) is 36.8 Å². The van der Waals surface area contributed by atoms with E-state index in [9.17, 15) is 9.59 Å². The first-order valence-electron chi connectivity index (χ1n) is 11.7. The number of methoxy groups -OCH3 is 1. The van der Waals surface area contributed by atoms with Crippen molar-refractivity contribution in [2.24, 2.45) is 11.8 Å². The van der Waals surface area contributed by atoms with Crippen LogP contribution in [-0.2, 0) is 4.74 Å². The van der Waals surface area contributed by atoms with Gasteiger partial charge in [0.2, 0.25) is 0 Å². The van der Waals surface area contributed by atoms with Crippen LogP contribution < -0.4 is 11.3 Å². The fraction of sp³-hybridized carbons (Fsp3) is 0.500. The number of hydrogen-bond acceptors (Lipinski definition) is 8. The van der Waals surface area contributed by atoms with Crippen molar-refractivity contribution in [3.8, 4) is 11.5 Å². The van der Waals surface area contributed by atoms with Gasteiger partial charge >= 0.3 is 11.3 Å². The average Bonchev–Trinajstić information content (AvgIpc) is 3.24. The number of fused-ring (bicyclic) bond motifs is 4. The van der Waals surface area contributed by atoms with E-state index in [4.69, 9.17) is 18.7 Å². The highest BCUT2D eigenvalue weighted by Crippen LogP contribution is 2.57. The van der Waals surface area contributed by atoms with Crippen molar-refractivity contribution in [3.63, 3.8) is 0 Å². The molecule has 0 amide bonds. The lowest BCUT2D eigenvalue weighted by Gasteiger charge is -2.18. The molecule has 0 radical (unpaired) electrons. The Morgan fingerprint density at radius 3 is 2.68 bits per heavy atom. The van der Waals surface area contributed by atoms with Gasteiger partial charge in [0.05, 0.1) is 10.9 Å². The summed E-state index contributed by atoms with van der Waals surface area (Å²) in [6.07, 6.45) is 2.96. The number of likely N-dealkylation sites (tertiary alicyclic amines) is 1. The zero-order valence-corrected chi connectivity index (χ0v) is 19.4. The van der Waals surface area contributed by atoms with Gasteiger partial charge in [-0.05, 0) is 44.2 Å². The van der Waals surface area contributed by atoms with Crippen LogP contribution in [-0.4, -0.2) is 58.0 Å². The Morgan fingerprint density at radius 2 is 1.94 bits per heavy atom. The summed E-state index contributed by atoms with van der Waals surface area (Å²) in [7, 11) is 1.74. The second-order valence-corrected chi connectivity index (χ2v) is 9.60. The predicted octanol–water partition coefficient (Wildman–Crippen LogP) is 2.75. The number of aromatic amines is 1. The standard InChI is InChI=1S/C24H27N5O5/c1-12(2)29-16-5-6-17-21(34-24(31)23(30)33-17)19(16)20(27-29)22-25-9-15(26-22)18-13-10-28(11-14(13)18)7-4-8-32-3/h5-6,9,12-14,18H,4,7-8,10-11H2,1-3H3,(H,25,26). The van der Waals surface area contributed by atoms with Crippen LogP contribution in [0.3, 0.4) is 0 Å². The molecule has 2 unspecified atom stereocenters. The number of piperidine rings is 1. The molecule has 178 valence electrons. The summed E-state index contributed by atoms with van der Waals surface area (Å²) in [4.78, 5) is 34.3. The van der Waals surface area contributed by atoms with E-state index < -0.39 is 11.3 Å². The number of imidazole rings is 1. The molecule has 3 aromatic heterocycles. The molecule has 1 saturated heterocycles. The Kier molecular flexibility index (Phi) is 4.96. The smallest absolute Gasteiger partial charge is 0.414 e. The van der Waals surface area contributed by atoms with Crippen LogP contribution in [0, 0.1) is 11.8 Å². The molecule has 1 aromatic carbocycles. The highest BCUT2D eigenvalue weighted by atomic mass is 16.5. The minimum Gasteiger partial charge on any atom is -0.414 e. The number of aromatic nitrogens is 4. The molecule has 4 heterocycles. The average molecular weight is 466 g/mol. The zero-order valence-electron chi connectivity index (χ0n) is 19.4. The molecule has 1 aliphatic carbocycles. The van der Waals surface area contributed by atoms with E-state index in [-0.39, 0.29) is 17.2 Å². The van der Waals surface area contributed by atoms with E-state index in [1.165, 1.54) is 0 Å². The van der Waals surface area contributed by atoms with Crippen LogP contribution >= 0.6 is 0 Å². The third-order valence-corrected chi connectivity index (χ3v) is 7.12. The molecule has 1 aliphatic heterocycles. The fourth-order valence-corrected chi connectivity index (χ4v) is 5.52. The largest absolute Gasteiger partial charge is 0.423 e. The molecule has 1 N–H and O–H groups in total. The predicted molar refractivity (Wildman–Crippen MR) is 125 cm³/mol. The van der Waals surface area contributed by atoms with Crippen molar-refractivity contribution in [2.75, 3.05) is 33.4 Å². The van der Waals surface area contributed by atoms with Crippen molar-refractivity contribution < 1.29 is 13.6 Å². The Balaban J connectivity index is 1.35. The van der Waals surface area contributed by atoms with Gasteiger partial charge in [0, 0.05) is 57.2 Å². The lowest BCUT2D eigenvalue weighted by atomic mass is 10.1. The minimum atomic E-state index is -1.04. The summed E-state index contributed by atoms with van der Waals surface area (Å²) >= 11 is 0. The van der Waals surface area contributed by atoms with Gasteiger partial charge < -0.3 is 23.5 Å². The Hall–Kier alpha value is -3.24. The molecule has 10 nitrogen and oxygen atoms in total. The van der Waals surface area contributed by atoms with Crippen LogP contribution in [0.4, 0.5) is 0 Å². The summed E-state index contributed by atoms with van der Waals surface area (Å²) in [5.74, 6) is 2.39.